The first-order valence-corrected chi connectivity index (χ1v) is 4.72. The van der Waals surface area contributed by atoms with Crippen molar-refractivity contribution in [1.82, 2.24) is 5.01 Å². The summed E-state index contributed by atoms with van der Waals surface area (Å²) in [7, 11) is 0. The number of nitrogens with zero attached hydrogens (tertiary/aromatic N) is 2. The van der Waals surface area contributed by atoms with E-state index in [2.05, 4.69) is 5.10 Å². The number of rotatable bonds is 3. The van der Waals surface area contributed by atoms with Gasteiger partial charge in [0.25, 0.3) is 0 Å². The lowest BCUT2D eigenvalue weighted by molar-refractivity contribution is -0.131. The van der Waals surface area contributed by atoms with Gasteiger partial charge in [-0.1, -0.05) is 0 Å². The van der Waals surface area contributed by atoms with Gasteiger partial charge in [-0.15, -0.1) is 0 Å². The molecule has 0 aromatic rings. The van der Waals surface area contributed by atoms with E-state index < -0.39 is 0 Å². The van der Waals surface area contributed by atoms with Gasteiger partial charge >= 0.3 is 0 Å². The van der Waals surface area contributed by atoms with Gasteiger partial charge < -0.3 is 5.11 Å². The molecule has 0 radical (unpaired) electrons. The van der Waals surface area contributed by atoms with Crippen LogP contribution in [-0.2, 0) is 4.79 Å². The normalized spacial score (nSPS) is 24.9. The Labute approximate surface area is 77.2 Å². The summed E-state index contributed by atoms with van der Waals surface area (Å²) in [5, 5.41) is 14.6. The molecule has 1 saturated carbocycles. The summed E-state index contributed by atoms with van der Waals surface area (Å²) < 4.78 is 0. The number of amides is 1. The van der Waals surface area contributed by atoms with Crippen molar-refractivity contribution in [3.8, 4) is 0 Å². The Kier molecular flexibility index (Phi) is 2.07. The Bertz CT molecular complexity index is 258. The van der Waals surface area contributed by atoms with Crippen LogP contribution in [0.1, 0.15) is 26.2 Å². The number of aliphatic hydroxyl groups excluding tert-OH is 1. The van der Waals surface area contributed by atoms with Crippen LogP contribution in [0.4, 0.5) is 0 Å². The van der Waals surface area contributed by atoms with E-state index in [1.165, 1.54) is 17.9 Å². The molecule has 1 aliphatic carbocycles. The fourth-order valence-electron chi connectivity index (χ4n) is 1.53. The molecular formula is C9H14N2O2. The van der Waals surface area contributed by atoms with Gasteiger partial charge in [-0.25, -0.2) is 5.01 Å². The van der Waals surface area contributed by atoms with Gasteiger partial charge in [0.2, 0.25) is 5.91 Å². The van der Waals surface area contributed by atoms with Crippen LogP contribution in [0.25, 0.3) is 0 Å². The van der Waals surface area contributed by atoms with Crippen molar-refractivity contribution < 1.29 is 9.90 Å². The first kappa shape index (κ1) is 8.69. The van der Waals surface area contributed by atoms with E-state index in [0.717, 1.165) is 5.71 Å². The molecule has 1 N–H and O–H groups in total. The second-order valence-electron chi connectivity index (χ2n) is 3.81. The van der Waals surface area contributed by atoms with Gasteiger partial charge in [-0.2, -0.15) is 5.10 Å². The van der Waals surface area contributed by atoms with E-state index in [-0.39, 0.29) is 18.6 Å². The quantitative estimate of drug-likeness (QED) is 0.685. The first-order chi connectivity index (χ1) is 6.22. The minimum atomic E-state index is -0.177. The van der Waals surface area contributed by atoms with Crippen LogP contribution in [0.5, 0.6) is 0 Å². The lowest BCUT2D eigenvalue weighted by atomic mass is 10.2. The van der Waals surface area contributed by atoms with Crippen LogP contribution in [0.2, 0.25) is 0 Å². The van der Waals surface area contributed by atoms with E-state index >= 15 is 0 Å². The molecule has 1 unspecified atom stereocenters. The molecule has 0 spiro atoms. The molecule has 13 heavy (non-hydrogen) atoms. The zero-order valence-electron chi connectivity index (χ0n) is 7.73. The van der Waals surface area contributed by atoms with Gasteiger partial charge in [-0.05, 0) is 25.7 Å². The van der Waals surface area contributed by atoms with E-state index in [9.17, 15) is 4.79 Å². The Hall–Kier alpha value is -0.900. The Morgan fingerprint density at radius 2 is 2.38 bits per heavy atom. The Morgan fingerprint density at radius 3 is 2.92 bits per heavy atom. The van der Waals surface area contributed by atoms with E-state index in [1.54, 1.807) is 6.92 Å². The van der Waals surface area contributed by atoms with Crippen LogP contribution in [0, 0.1) is 5.92 Å². The summed E-state index contributed by atoms with van der Waals surface area (Å²) in [5.74, 6) is 0.586. The van der Waals surface area contributed by atoms with Crippen molar-refractivity contribution in [2.75, 3.05) is 6.61 Å². The van der Waals surface area contributed by atoms with Gasteiger partial charge in [0.05, 0.1) is 24.8 Å². The molecule has 2 aliphatic rings. The van der Waals surface area contributed by atoms with Crippen LogP contribution in [0.3, 0.4) is 0 Å². The predicted molar refractivity (Wildman–Crippen MR) is 48.2 cm³/mol. The fourth-order valence-corrected chi connectivity index (χ4v) is 1.53. The molecule has 0 aromatic heterocycles. The maximum atomic E-state index is 11.4. The van der Waals surface area contributed by atoms with Crippen molar-refractivity contribution in [1.29, 1.82) is 0 Å². The third kappa shape index (κ3) is 1.58. The number of hydrogen-bond acceptors (Lipinski definition) is 3. The fraction of sp³-hybridized carbons (Fsp3) is 0.778. The average molecular weight is 182 g/mol. The lowest BCUT2D eigenvalue weighted by Crippen LogP contribution is -2.33. The zero-order chi connectivity index (χ0) is 9.42. The minimum absolute atomic E-state index is 0.0206. The zero-order valence-corrected chi connectivity index (χ0v) is 7.73. The molecule has 2 rings (SSSR count). The Morgan fingerprint density at radius 1 is 1.69 bits per heavy atom. The van der Waals surface area contributed by atoms with E-state index in [1.807, 2.05) is 0 Å². The van der Waals surface area contributed by atoms with Crippen molar-refractivity contribution in [2.45, 2.75) is 32.2 Å². The maximum absolute atomic E-state index is 11.4. The summed E-state index contributed by atoms with van der Waals surface area (Å²) in [6.07, 6.45) is 2.82. The van der Waals surface area contributed by atoms with Crippen LogP contribution < -0.4 is 0 Å². The van der Waals surface area contributed by atoms with Crippen molar-refractivity contribution in [3.63, 3.8) is 0 Å². The highest BCUT2D eigenvalue weighted by Gasteiger charge is 2.36. The molecule has 4 heteroatoms. The number of carbonyl (C=O) groups is 1. The second-order valence-corrected chi connectivity index (χ2v) is 3.81. The number of hydrazone groups is 1. The maximum Gasteiger partial charge on any atom is 0.248 e. The topological polar surface area (TPSA) is 52.9 Å². The Balaban J connectivity index is 2.06. The van der Waals surface area contributed by atoms with E-state index in [0.29, 0.717) is 12.3 Å². The minimum Gasteiger partial charge on any atom is -0.394 e. The summed E-state index contributed by atoms with van der Waals surface area (Å²) in [6.45, 7) is 1.78. The second kappa shape index (κ2) is 3.10. The molecule has 1 fully saturated rings. The SMILES string of the molecule is CC(CO)N1N=C(C2CC2)CC1=O. The predicted octanol–water partition coefficient (Wildman–Crippen LogP) is 0.365. The van der Waals surface area contributed by atoms with Crippen molar-refractivity contribution >= 4 is 11.6 Å². The van der Waals surface area contributed by atoms with Crippen molar-refractivity contribution in [3.05, 3.63) is 0 Å². The van der Waals surface area contributed by atoms with Crippen LogP contribution in [0.15, 0.2) is 5.10 Å². The summed E-state index contributed by atoms with van der Waals surface area (Å²) in [5.41, 5.74) is 1.02. The van der Waals surface area contributed by atoms with Gasteiger partial charge in [0.1, 0.15) is 0 Å². The number of hydrogen-bond donors (Lipinski definition) is 1. The molecule has 72 valence electrons. The smallest absolute Gasteiger partial charge is 0.248 e. The third-order valence-corrected chi connectivity index (χ3v) is 2.55. The standard InChI is InChI=1S/C9H14N2O2/c1-6(5-12)11-9(13)4-8(10-11)7-2-3-7/h6-7,12H,2-5H2,1H3. The largest absolute Gasteiger partial charge is 0.394 e. The molecule has 1 heterocycles. The monoisotopic (exact) mass is 182 g/mol. The average Bonchev–Trinajstić information content (AvgIpc) is 2.89. The first-order valence-electron chi connectivity index (χ1n) is 4.72. The van der Waals surface area contributed by atoms with E-state index in [4.69, 9.17) is 5.11 Å². The van der Waals surface area contributed by atoms with Crippen LogP contribution >= 0.6 is 0 Å². The third-order valence-electron chi connectivity index (χ3n) is 2.55. The van der Waals surface area contributed by atoms with Gasteiger partial charge in [0.15, 0.2) is 0 Å². The van der Waals surface area contributed by atoms with Crippen LogP contribution in [-0.4, -0.2) is 34.4 Å². The van der Waals surface area contributed by atoms with Crippen molar-refractivity contribution in [2.24, 2.45) is 11.0 Å². The summed E-state index contributed by atoms with van der Waals surface area (Å²) >= 11 is 0. The van der Waals surface area contributed by atoms with Gasteiger partial charge in [0, 0.05) is 0 Å². The lowest BCUT2D eigenvalue weighted by Gasteiger charge is -2.17. The highest BCUT2D eigenvalue weighted by molar-refractivity contribution is 6.06. The number of carbonyl (C=O) groups excluding carboxylic acids is 1. The molecular weight excluding hydrogens is 168 g/mol. The molecule has 0 saturated heterocycles. The molecule has 1 amide bonds. The molecule has 0 aromatic carbocycles. The molecule has 1 aliphatic heterocycles. The highest BCUT2D eigenvalue weighted by atomic mass is 16.3. The highest BCUT2D eigenvalue weighted by Crippen LogP contribution is 2.34. The summed E-state index contributed by atoms with van der Waals surface area (Å²) in [6, 6.07) is -0.177. The molecule has 1 atom stereocenters. The summed E-state index contributed by atoms with van der Waals surface area (Å²) in [4.78, 5) is 11.4. The van der Waals surface area contributed by atoms with Gasteiger partial charge in [-0.3, -0.25) is 4.79 Å². The molecule has 0 bridgehead atoms. The molecule has 4 nitrogen and oxygen atoms in total. The number of aliphatic hydroxyl groups is 1.